The molecule has 0 spiro atoms. The number of rotatable bonds is 3. The number of allylic oxidation sites excluding steroid dienone is 1. The first-order valence-corrected chi connectivity index (χ1v) is 7.40. The predicted molar refractivity (Wildman–Crippen MR) is 87.2 cm³/mol. The van der Waals surface area contributed by atoms with Crippen molar-refractivity contribution in [1.82, 2.24) is 4.57 Å². The molecule has 2 rings (SSSR count). The van der Waals surface area contributed by atoms with Gasteiger partial charge in [0.25, 0.3) is 0 Å². The summed E-state index contributed by atoms with van der Waals surface area (Å²) in [5.41, 5.74) is 5.17. The summed E-state index contributed by atoms with van der Waals surface area (Å²) in [7, 11) is 0. The fourth-order valence-electron chi connectivity index (χ4n) is 2.43. The molecule has 0 unspecified atom stereocenters. The molecule has 0 amide bonds. The zero-order valence-electron chi connectivity index (χ0n) is 11.9. The van der Waals surface area contributed by atoms with Crippen LogP contribution in [0.1, 0.15) is 29.4 Å². The van der Waals surface area contributed by atoms with Crippen molar-refractivity contribution in [2.45, 2.75) is 27.3 Å². The van der Waals surface area contributed by atoms with Crippen molar-refractivity contribution in [3.8, 4) is 6.07 Å². The van der Waals surface area contributed by atoms with Crippen LogP contribution in [0.2, 0.25) is 0 Å². The zero-order chi connectivity index (χ0) is 14.7. The summed E-state index contributed by atoms with van der Waals surface area (Å²) in [6, 6.07) is 12.3. The summed E-state index contributed by atoms with van der Waals surface area (Å²) in [5, 5.41) is 9.40. The van der Waals surface area contributed by atoms with Gasteiger partial charge >= 0.3 is 0 Å². The van der Waals surface area contributed by atoms with Crippen LogP contribution in [0, 0.1) is 25.2 Å². The number of hydrogen-bond acceptors (Lipinski definition) is 1. The first kappa shape index (κ1) is 14.6. The van der Waals surface area contributed by atoms with E-state index >= 15 is 0 Å². The van der Waals surface area contributed by atoms with Crippen molar-refractivity contribution >= 4 is 27.6 Å². The highest BCUT2D eigenvalue weighted by atomic mass is 79.9. The lowest BCUT2D eigenvalue weighted by Crippen LogP contribution is -1.98. The Morgan fingerprint density at radius 1 is 1.30 bits per heavy atom. The van der Waals surface area contributed by atoms with Gasteiger partial charge in [-0.2, -0.15) is 5.26 Å². The van der Waals surface area contributed by atoms with Crippen molar-refractivity contribution in [2.75, 3.05) is 0 Å². The SMILES string of the molecule is CCn1c(C)cc(/C=C(/C#N)c2ccc(Br)cc2)c1C. The average molecular weight is 329 g/mol. The van der Waals surface area contributed by atoms with E-state index in [0.29, 0.717) is 5.57 Å². The minimum Gasteiger partial charge on any atom is -0.349 e. The van der Waals surface area contributed by atoms with Gasteiger partial charge in [0.05, 0.1) is 11.6 Å². The standard InChI is InChI=1S/C17H17BrN2/c1-4-20-12(2)9-15(13(20)3)10-16(11-19)14-5-7-17(18)8-6-14/h5-10H,4H2,1-3H3/b16-10-. The minimum absolute atomic E-state index is 0.689. The normalized spacial score (nSPS) is 11.4. The predicted octanol–water partition coefficient (Wildman–Crippen LogP) is 4.95. The van der Waals surface area contributed by atoms with Crippen LogP contribution in [0.5, 0.6) is 0 Å². The first-order chi connectivity index (χ1) is 9.56. The number of aryl methyl sites for hydroxylation is 1. The summed E-state index contributed by atoms with van der Waals surface area (Å²) in [5.74, 6) is 0. The van der Waals surface area contributed by atoms with Gasteiger partial charge in [0.1, 0.15) is 0 Å². The van der Waals surface area contributed by atoms with E-state index in [1.807, 2.05) is 30.3 Å². The van der Waals surface area contributed by atoms with Gasteiger partial charge in [0.15, 0.2) is 0 Å². The lowest BCUT2D eigenvalue weighted by atomic mass is 10.0. The van der Waals surface area contributed by atoms with Crippen molar-refractivity contribution in [2.24, 2.45) is 0 Å². The maximum Gasteiger partial charge on any atom is 0.0998 e. The number of halogens is 1. The Balaban J connectivity index is 2.47. The van der Waals surface area contributed by atoms with Gasteiger partial charge in [-0.1, -0.05) is 28.1 Å². The highest BCUT2D eigenvalue weighted by Gasteiger charge is 2.08. The van der Waals surface area contributed by atoms with Crippen molar-refractivity contribution < 1.29 is 0 Å². The van der Waals surface area contributed by atoms with Gasteiger partial charge < -0.3 is 4.57 Å². The second-order valence-electron chi connectivity index (χ2n) is 4.75. The van der Waals surface area contributed by atoms with Gasteiger partial charge in [0, 0.05) is 22.4 Å². The largest absolute Gasteiger partial charge is 0.349 e. The van der Waals surface area contributed by atoms with E-state index in [1.165, 1.54) is 11.4 Å². The van der Waals surface area contributed by atoms with E-state index < -0.39 is 0 Å². The lowest BCUT2D eigenvalue weighted by molar-refractivity contribution is 0.718. The summed E-state index contributed by atoms with van der Waals surface area (Å²) >= 11 is 3.41. The topological polar surface area (TPSA) is 28.7 Å². The van der Waals surface area contributed by atoms with Crippen molar-refractivity contribution in [1.29, 1.82) is 5.26 Å². The minimum atomic E-state index is 0.689. The number of aromatic nitrogens is 1. The Morgan fingerprint density at radius 2 is 1.95 bits per heavy atom. The van der Waals surface area contributed by atoms with Gasteiger partial charge in [-0.05, 0) is 56.2 Å². The molecule has 0 aliphatic heterocycles. The third-order valence-corrected chi connectivity index (χ3v) is 4.03. The van der Waals surface area contributed by atoms with Crippen molar-refractivity contribution in [3.05, 3.63) is 57.3 Å². The molecule has 0 saturated heterocycles. The van der Waals surface area contributed by atoms with E-state index in [1.54, 1.807) is 0 Å². The van der Waals surface area contributed by atoms with E-state index in [4.69, 9.17) is 0 Å². The summed E-state index contributed by atoms with van der Waals surface area (Å²) in [4.78, 5) is 0. The summed E-state index contributed by atoms with van der Waals surface area (Å²) in [6.45, 7) is 7.28. The van der Waals surface area contributed by atoms with Crippen molar-refractivity contribution in [3.63, 3.8) is 0 Å². The molecule has 3 heteroatoms. The molecular formula is C17H17BrN2. The monoisotopic (exact) mass is 328 g/mol. The molecule has 2 aromatic rings. The Bertz CT molecular complexity index is 685. The van der Waals surface area contributed by atoms with E-state index in [-0.39, 0.29) is 0 Å². The number of benzene rings is 1. The summed E-state index contributed by atoms with van der Waals surface area (Å²) in [6.07, 6.45) is 1.97. The maximum atomic E-state index is 9.40. The van der Waals surface area contributed by atoms with Gasteiger partial charge in [-0.3, -0.25) is 0 Å². The van der Waals surface area contributed by atoms with Crippen LogP contribution >= 0.6 is 15.9 Å². The third-order valence-electron chi connectivity index (χ3n) is 3.50. The molecular weight excluding hydrogens is 312 g/mol. The number of nitrogens with zero attached hydrogens (tertiary/aromatic N) is 2. The molecule has 0 N–H and O–H groups in total. The van der Waals surface area contributed by atoms with Gasteiger partial charge in [0.2, 0.25) is 0 Å². The Kier molecular flexibility index (Phi) is 4.46. The van der Waals surface area contributed by atoms with Crippen LogP contribution < -0.4 is 0 Å². The molecule has 0 bridgehead atoms. The molecule has 1 aromatic carbocycles. The molecule has 1 heterocycles. The van der Waals surface area contributed by atoms with Crippen LogP contribution in [-0.2, 0) is 6.54 Å². The van der Waals surface area contributed by atoms with Crippen LogP contribution in [0.25, 0.3) is 11.6 Å². The smallest absolute Gasteiger partial charge is 0.0998 e. The fraction of sp³-hybridized carbons (Fsp3) is 0.235. The van der Waals surface area contributed by atoms with Gasteiger partial charge in [-0.15, -0.1) is 0 Å². The molecule has 0 aliphatic carbocycles. The molecule has 0 saturated carbocycles. The highest BCUT2D eigenvalue weighted by Crippen LogP contribution is 2.23. The molecule has 0 atom stereocenters. The molecule has 20 heavy (non-hydrogen) atoms. The molecule has 2 nitrogen and oxygen atoms in total. The zero-order valence-corrected chi connectivity index (χ0v) is 13.5. The lowest BCUT2D eigenvalue weighted by Gasteiger charge is -2.05. The Hall–Kier alpha value is -1.79. The van der Waals surface area contributed by atoms with E-state index in [9.17, 15) is 5.26 Å². The average Bonchev–Trinajstić information content (AvgIpc) is 2.71. The maximum absolute atomic E-state index is 9.40. The van der Waals surface area contributed by atoms with E-state index in [2.05, 4.69) is 53.4 Å². The van der Waals surface area contributed by atoms with Gasteiger partial charge in [-0.25, -0.2) is 0 Å². The Morgan fingerprint density at radius 3 is 2.45 bits per heavy atom. The molecule has 1 aromatic heterocycles. The third kappa shape index (κ3) is 2.86. The number of hydrogen-bond donors (Lipinski definition) is 0. The quantitative estimate of drug-likeness (QED) is 0.732. The molecule has 0 radical (unpaired) electrons. The Labute approximate surface area is 128 Å². The molecule has 0 fully saturated rings. The van der Waals surface area contributed by atoms with Crippen LogP contribution in [0.4, 0.5) is 0 Å². The number of nitriles is 1. The second kappa shape index (κ2) is 6.11. The first-order valence-electron chi connectivity index (χ1n) is 6.61. The summed E-state index contributed by atoms with van der Waals surface area (Å²) < 4.78 is 3.27. The van der Waals surface area contributed by atoms with Crippen LogP contribution in [0.15, 0.2) is 34.8 Å². The fourth-order valence-corrected chi connectivity index (χ4v) is 2.69. The van der Waals surface area contributed by atoms with E-state index in [0.717, 1.165) is 22.1 Å². The molecule has 102 valence electrons. The van der Waals surface area contributed by atoms with Crippen LogP contribution in [0.3, 0.4) is 0 Å². The molecule has 0 aliphatic rings. The second-order valence-corrected chi connectivity index (χ2v) is 5.66. The van der Waals surface area contributed by atoms with Crippen LogP contribution in [-0.4, -0.2) is 4.57 Å². The highest BCUT2D eigenvalue weighted by molar-refractivity contribution is 9.10.